The topological polar surface area (TPSA) is 54.0 Å². The van der Waals surface area contributed by atoms with E-state index in [1.807, 2.05) is 0 Å². The molecule has 1 aliphatic heterocycles. The molecule has 1 amide bonds. The van der Waals surface area contributed by atoms with Crippen molar-refractivity contribution in [3.63, 3.8) is 0 Å². The SMILES string of the molecule is O=C(NC1CC(C2CCNC2)C1)c1ccnc2c(C(F)(F)F)cccc12. The Morgan fingerprint density at radius 3 is 2.69 bits per heavy atom. The number of hydrogen-bond acceptors (Lipinski definition) is 3. The molecule has 0 radical (unpaired) electrons. The lowest BCUT2D eigenvalue weighted by Crippen LogP contribution is -2.46. The molecule has 1 aliphatic carbocycles. The molecule has 2 aliphatic rings. The van der Waals surface area contributed by atoms with E-state index >= 15 is 0 Å². The molecule has 7 heteroatoms. The molecule has 1 atom stereocenters. The number of nitrogens with one attached hydrogen (secondary N) is 2. The second kappa shape index (κ2) is 6.54. The minimum absolute atomic E-state index is 0.0992. The van der Waals surface area contributed by atoms with Crippen molar-refractivity contribution in [1.29, 1.82) is 0 Å². The summed E-state index contributed by atoms with van der Waals surface area (Å²) in [4.78, 5) is 16.5. The van der Waals surface area contributed by atoms with Gasteiger partial charge in [0.15, 0.2) is 0 Å². The van der Waals surface area contributed by atoms with Crippen LogP contribution in [-0.4, -0.2) is 30.0 Å². The lowest BCUT2D eigenvalue weighted by atomic mass is 9.72. The van der Waals surface area contributed by atoms with Crippen LogP contribution in [0, 0.1) is 11.8 Å². The van der Waals surface area contributed by atoms with Crippen LogP contribution in [0.25, 0.3) is 10.9 Å². The van der Waals surface area contributed by atoms with E-state index in [-0.39, 0.29) is 28.4 Å². The smallest absolute Gasteiger partial charge is 0.349 e. The normalized spacial score (nSPS) is 25.9. The Hall–Kier alpha value is -2.15. The van der Waals surface area contributed by atoms with Gasteiger partial charge in [-0.2, -0.15) is 13.2 Å². The van der Waals surface area contributed by atoms with Crippen LogP contribution in [0.2, 0.25) is 0 Å². The molecule has 2 fully saturated rings. The number of pyridine rings is 1. The number of para-hydroxylation sites is 1. The van der Waals surface area contributed by atoms with Crippen LogP contribution in [0.4, 0.5) is 13.2 Å². The molecule has 1 aromatic heterocycles. The Labute approximate surface area is 149 Å². The maximum Gasteiger partial charge on any atom is 0.418 e. The molecular formula is C19H20F3N3O. The number of halogens is 3. The quantitative estimate of drug-likeness (QED) is 0.879. The van der Waals surface area contributed by atoms with Crippen molar-refractivity contribution in [2.45, 2.75) is 31.5 Å². The molecule has 2 N–H and O–H groups in total. The first-order chi connectivity index (χ1) is 12.4. The van der Waals surface area contributed by atoms with Gasteiger partial charge in [-0.1, -0.05) is 12.1 Å². The van der Waals surface area contributed by atoms with Crippen LogP contribution >= 0.6 is 0 Å². The van der Waals surface area contributed by atoms with Crippen molar-refractivity contribution < 1.29 is 18.0 Å². The zero-order valence-corrected chi connectivity index (χ0v) is 14.1. The van der Waals surface area contributed by atoms with Crippen LogP contribution in [-0.2, 0) is 6.18 Å². The largest absolute Gasteiger partial charge is 0.418 e. The van der Waals surface area contributed by atoms with E-state index in [2.05, 4.69) is 15.6 Å². The van der Waals surface area contributed by atoms with Gasteiger partial charge in [0.2, 0.25) is 0 Å². The van der Waals surface area contributed by atoms with E-state index < -0.39 is 11.7 Å². The number of carbonyl (C=O) groups excluding carboxylic acids is 1. The monoisotopic (exact) mass is 363 g/mol. The van der Waals surface area contributed by atoms with E-state index in [0.29, 0.717) is 11.8 Å². The third-order valence-corrected chi connectivity index (χ3v) is 5.60. The maximum absolute atomic E-state index is 13.2. The molecule has 26 heavy (non-hydrogen) atoms. The van der Waals surface area contributed by atoms with Gasteiger partial charge in [0, 0.05) is 17.6 Å². The molecule has 138 valence electrons. The first kappa shape index (κ1) is 17.3. The third kappa shape index (κ3) is 3.16. The van der Waals surface area contributed by atoms with Crippen molar-refractivity contribution in [3.8, 4) is 0 Å². The van der Waals surface area contributed by atoms with Gasteiger partial charge in [-0.3, -0.25) is 9.78 Å². The fourth-order valence-electron chi connectivity index (χ4n) is 4.11. The van der Waals surface area contributed by atoms with Crippen LogP contribution < -0.4 is 10.6 Å². The minimum Gasteiger partial charge on any atom is -0.349 e. The van der Waals surface area contributed by atoms with Gasteiger partial charge in [0.25, 0.3) is 5.91 Å². The number of nitrogens with zero attached hydrogens (tertiary/aromatic N) is 1. The summed E-state index contributed by atoms with van der Waals surface area (Å²) >= 11 is 0. The van der Waals surface area contributed by atoms with Gasteiger partial charge in [0.05, 0.1) is 16.6 Å². The van der Waals surface area contributed by atoms with Gasteiger partial charge in [0.1, 0.15) is 0 Å². The fraction of sp³-hybridized carbons (Fsp3) is 0.474. The molecule has 4 rings (SSSR count). The zero-order valence-electron chi connectivity index (χ0n) is 14.1. The third-order valence-electron chi connectivity index (χ3n) is 5.60. The minimum atomic E-state index is -4.50. The lowest BCUT2D eigenvalue weighted by Gasteiger charge is -2.39. The highest BCUT2D eigenvalue weighted by Crippen LogP contribution is 2.37. The number of aromatic nitrogens is 1. The highest BCUT2D eigenvalue weighted by Gasteiger charge is 2.37. The van der Waals surface area contributed by atoms with Crippen molar-refractivity contribution in [3.05, 3.63) is 41.6 Å². The van der Waals surface area contributed by atoms with Crippen LogP contribution in [0.3, 0.4) is 0 Å². The summed E-state index contributed by atoms with van der Waals surface area (Å²) < 4.78 is 39.5. The van der Waals surface area contributed by atoms with Crippen molar-refractivity contribution in [2.75, 3.05) is 13.1 Å². The van der Waals surface area contributed by atoms with Gasteiger partial charge >= 0.3 is 6.18 Å². The highest BCUT2D eigenvalue weighted by molar-refractivity contribution is 6.06. The van der Waals surface area contributed by atoms with Crippen LogP contribution in [0.1, 0.15) is 35.2 Å². The summed E-state index contributed by atoms with van der Waals surface area (Å²) in [6, 6.07) is 5.40. The average Bonchev–Trinajstić information content (AvgIpc) is 3.09. The summed E-state index contributed by atoms with van der Waals surface area (Å²) in [5, 5.41) is 6.55. The molecule has 0 bridgehead atoms. The summed E-state index contributed by atoms with van der Waals surface area (Å²) in [5.74, 6) is 0.977. The van der Waals surface area contributed by atoms with Crippen LogP contribution in [0.5, 0.6) is 0 Å². The number of rotatable bonds is 3. The molecule has 1 saturated carbocycles. The number of hydrogen-bond donors (Lipinski definition) is 2. The zero-order chi connectivity index (χ0) is 18.3. The Bertz CT molecular complexity index is 824. The molecular weight excluding hydrogens is 343 g/mol. The molecule has 4 nitrogen and oxygen atoms in total. The molecule has 2 aromatic rings. The van der Waals surface area contributed by atoms with E-state index in [0.717, 1.165) is 32.0 Å². The molecule has 2 heterocycles. The standard InChI is InChI=1S/C19H20F3N3O/c20-19(21,22)16-3-1-2-14-15(5-7-24-17(14)16)18(26)25-13-8-12(9-13)11-4-6-23-10-11/h1-3,5,7,11-13,23H,4,6,8-10H2,(H,25,26). The summed E-state index contributed by atoms with van der Waals surface area (Å²) in [7, 11) is 0. The molecule has 1 aromatic carbocycles. The van der Waals surface area contributed by atoms with E-state index in [1.54, 1.807) is 0 Å². The summed E-state index contributed by atoms with van der Waals surface area (Å²) in [6.45, 7) is 2.10. The number of carbonyl (C=O) groups is 1. The molecule has 1 saturated heterocycles. The summed E-state index contributed by atoms with van der Waals surface area (Å²) in [5.41, 5.74) is -0.759. The Morgan fingerprint density at radius 1 is 1.19 bits per heavy atom. The second-order valence-corrected chi connectivity index (χ2v) is 7.21. The Kier molecular flexibility index (Phi) is 4.34. The van der Waals surface area contributed by atoms with Gasteiger partial charge in [-0.15, -0.1) is 0 Å². The van der Waals surface area contributed by atoms with E-state index in [1.165, 1.54) is 30.8 Å². The highest BCUT2D eigenvalue weighted by atomic mass is 19.4. The maximum atomic E-state index is 13.2. The van der Waals surface area contributed by atoms with Gasteiger partial charge in [-0.05, 0) is 56.3 Å². The van der Waals surface area contributed by atoms with Gasteiger partial charge in [-0.25, -0.2) is 0 Å². The Balaban J connectivity index is 1.51. The number of benzene rings is 1. The van der Waals surface area contributed by atoms with Crippen molar-refractivity contribution >= 4 is 16.8 Å². The fourth-order valence-corrected chi connectivity index (χ4v) is 4.11. The lowest BCUT2D eigenvalue weighted by molar-refractivity contribution is -0.136. The van der Waals surface area contributed by atoms with Crippen molar-refractivity contribution in [2.24, 2.45) is 11.8 Å². The molecule has 1 unspecified atom stereocenters. The number of fused-ring (bicyclic) bond motifs is 1. The first-order valence-corrected chi connectivity index (χ1v) is 8.90. The number of amides is 1. The predicted octanol–water partition coefficient (Wildman–Crippen LogP) is 3.37. The number of alkyl halides is 3. The van der Waals surface area contributed by atoms with E-state index in [9.17, 15) is 18.0 Å². The summed E-state index contributed by atoms with van der Waals surface area (Å²) in [6.07, 6.45) is -0.178. The Morgan fingerprint density at radius 2 is 2.00 bits per heavy atom. The predicted molar refractivity (Wildman–Crippen MR) is 91.7 cm³/mol. The molecule has 0 spiro atoms. The van der Waals surface area contributed by atoms with Crippen LogP contribution in [0.15, 0.2) is 30.5 Å². The second-order valence-electron chi connectivity index (χ2n) is 7.21. The van der Waals surface area contributed by atoms with Gasteiger partial charge < -0.3 is 10.6 Å². The van der Waals surface area contributed by atoms with E-state index in [4.69, 9.17) is 0 Å². The van der Waals surface area contributed by atoms with Crippen molar-refractivity contribution in [1.82, 2.24) is 15.6 Å². The first-order valence-electron chi connectivity index (χ1n) is 8.90. The average molecular weight is 363 g/mol.